The molecule has 36 nitrogen and oxygen atoms in total. The number of nitro benzene ring substituents is 4. The van der Waals surface area contributed by atoms with Crippen molar-refractivity contribution in [3.05, 3.63) is 221 Å². The Morgan fingerprint density at radius 3 is 0.926 bits per heavy atom. The van der Waals surface area contributed by atoms with E-state index in [9.17, 15) is 80.1 Å². The van der Waals surface area contributed by atoms with Crippen molar-refractivity contribution in [3.8, 4) is 47.8 Å². The summed E-state index contributed by atoms with van der Waals surface area (Å²) in [6.07, 6.45) is 0. The molecule has 8 aromatic rings. The van der Waals surface area contributed by atoms with E-state index in [1.807, 2.05) is 6.07 Å². The summed E-state index contributed by atoms with van der Waals surface area (Å²) < 4.78 is 3.53. The molecule has 4 heterocycles. The van der Waals surface area contributed by atoms with Gasteiger partial charge in [-0.15, -0.1) is 40.9 Å². The highest BCUT2D eigenvalue weighted by molar-refractivity contribution is 6.31. The van der Waals surface area contributed by atoms with Crippen molar-refractivity contribution < 1.29 is 40.1 Å². The van der Waals surface area contributed by atoms with Crippen LogP contribution in [0.4, 0.5) is 68.2 Å². The van der Waals surface area contributed by atoms with Crippen molar-refractivity contribution in [1.29, 1.82) is 21.0 Å². The Morgan fingerprint density at radius 1 is 0.411 bits per heavy atom. The second kappa shape index (κ2) is 31.2. The predicted molar refractivity (Wildman–Crippen MR) is 335 cm³/mol. The third kappa shape index (κ3) is 15.9. The average Bonchev–Trinajstić information content (AvgIpc) is 0.815. The molecule has 0 saturated carbocycles. The van der Waals surface area contributed by atoms with Gasteiger partial charge < -0.3 is 20.4 Å². The Bertz CT molecular complexity index is 4910. The Balaban J connectivity index is 0.000000229. The summed E-state index contributed by atoms with van der Waals surface area (Å²) in [5.74, 6) is -1.89. The molecule has 0 atom stereocenters. The molecule has 0 spiro atoms. The molecule has 482 valence electrons. The summed E-state index contributed by atoms with van der Waals surface area (Å²) >= 11 is 11.4. The Hall–Kier alpha value is -13.6. The first-order valence-corrected chi connectivity index (χ1v) is 27.0. The van der Waals surface area contributed by atoms with Gasteiger partial charge in [0.15, 0.2) is 45.5 Å². The number of nitriles is 4. The SMILES string of the molecule is CCn1c(O)c(C#N)c(C)c(N=Nc2ccccc2[N+](=O)[O-])c1=O.Cc1c(C#N)c(O)n(C)c(=O)c1N=Nc1ccc(Cl)cc1[N+](=O)[O-].Cc1c(C#N)c(O)n(C)c(=O)c1N=Nc1ccc(Cl)cc1[N+](=O)[O-].Cc1c(C#N)c(O)n(C)c(=O)c1N=Nc1ccccc1[N+](=O)[O-]. The first-order chi connectivity index (χ1) is 44.8. The van der Waals surface area contributed by atoms with E-state index in [-0.39, 0.29) is 129 Å². The number of rotatable bonds is 13. The number of pyridine rings is 4. The molecule has 0 radical (unpaired) electrons. The van der Waals surface area contributed by atoms with E-state index in [4.69, 9.17) is 44.2 Å². The fourth-order valence-corrected chi connectivity index (χ4v) is 8.32. The molecule has 0 unspecified atom stereocenters. The number of nitro groups is 4. The zero-order valence-corrected chi connectivity index (χ0v) is 51.7. The van der Waals surface area contributed by atoms with E-state index in [0.717, 1.165) is 30.4 Å². The van der Waals surface area contributed by atoms with Gasteiger partial charge in [-0.3, -0.25) is 77.9 Å². The lowest BCUT2D eigenvalue weighted by Gasteiger charge is -2.10. The van der Waals surface area contributed by atoms with Crippen LogP contribution < -0.4 is 22.2 Å². The monoisotopic (exact) mass is 1330 g/mol. The summed E-state index contributed by atoms with van der Waals surface area (Å²) in [6, 6.07) is 26.1. The molecule has 4 aromatic carbocycles. The van der Waals surface area contributed by atoms with Gasteiger partial charge >= 0.3 is 0 Å². The first kappa shape index (κ1) is 72.2. The van der Waals surface area contributed by atoms with Crippen LogP contribution in [0.5, 0.6) is 23.5 Å². The second-order valence-electron chi connectivity index (χ2n) is 18.8. The highest BCUT2D eigenvalue weighted by atomic mass is 35.5. The topological polar surface area (TPSA) is 536 Å². The van der Waals surface area contributed by atoms with Crippen LogP contribution in [0.2, 0.25) is 10.0 Å². The predicted octanol–water partition coefficient (Wildman–Crippen LogP) is 12.2. The maximum atomic E-state index is 12.4. The van der Waals surface area contributed by atoms with E-state index in [2.05, 4.69) is 40.9 Å². The lowest BCUT2D eigenvalue weighted by molar-refractivity contribution is -0.384. The number of aromatic nitrogens is 4. The van der Waals surface area contributed by atoms with Crippen LogP contribution >= 0.6 is 23.2 Å². The van der Waals surface area contributed by atoms with Crippen LogP contribution in [0.1, 0.15) is 51.4 Å². The molecule has 8 rings (SSSR count). The van der Waals surface area contributed by atoms with E-state index in [1.165, 1.54) is 110 Å². The third-order valence-corrected chi connectivity index (χ3v) is 13.7. The van der Waals surface area contributed by atoms with Crippen molar-refractivity contribution in [2.75, 3.05) is 0 Å². The third-order valence-electron chi connectivity index (χ3n) is 13.2. The maximum Gasteiger partial charge on any atom is 0.298 e. The van der Waals surface area contributed by atoms with E-state index in [0.29, 0.717) is 0 Å². The van der Waals surface area contributed by atoms with Gasteiger partial charge in [0.1, 0.15) is 46.5 Å². The first-order valence-electron chi connectivity index (χ1n) is 26.2. The number of halogens is 2. The molecule has 4 N–H and O–H groups in total. The van der Waals surface area contributed by atoms with Crippen molar-refractivity contribution in [1.82, 2.24) is 18.3 Å². The number of nitrogens with zero attached hydrogens (tertiary/aromatic N) is 20. The molecule has 0 aliphatic carbocycles. The van der Waals surface area contributed by atoms with Gasteiger partial charge in [-0.1, -0.05) is 47.5 Å². The zero-order chi connectivity index (χ0) is 71.0. The van der Waals surface area contributed by atoms with Crippen molar-refractivity contribution in [2.45, 2.75) is 41.2 Å². The summed E-state index contributed by atoms with van der Waals surface area (Å²) in [6.45, 7) is 7.49. The average molecular weight is 1340 g/mol. The van der Waals surface area contributed by atoms with Crippen LogP contribution in [0.25, 0.3) is 0 Å². The van der Waals surface area contributed by atoms with Crippen LogP contribution in [-0.4, -0.2) is 58.4 Å². The second-order valence-corrected chi connectivity index (χ2v) is 19.7. The molecular weight excluding hydrogens is 1290 g/mol. The largest absolute Gasteiger partial charge is 0.493 e. The van der Waals surface area contributed by atoms with Gasteiger partial charge in [0.05, 0.1) is 19.7 Å². The summed E-state index contributed by atoms with van der Waals surface area (Å²) in [4.78, 5) is 90.2. The molecule has 0 bridgehead atoms. The Kier molecular flexibility index (Phi) is 23.7. The molecule has 95 heavy (non-hydrogen) atoms. The van der Waals surface area contributed by atoms with Gasteiger partial charge in [0, 0.05) is 84.3 Å². The lowest BCUT2D eigenvalue weighted by atomic mass is 10.1. The van der Waals surface area contributed by atoms with Gasteiger partial charge in [0.25, 0.3) is 45.0 Å². The molecule has 0 saturated heterocycles. The van der Waals surface area contributed by atoms with Crippen molar-refractivity contribution in [3.63, 3.8) is 0 Å². The number of para-hydroxylation sites is 2. The number of hydrogen-bond acceptors (Lipinski definition) is 28. The number of azo groups is 4. The molecule has 38 heteroatoms. The maximum absolute atomic E-state index is 12.4. The molecule has 0 amide bonds. The van der Waals surface area contributed by atoms with Gasteiger partial charge in [-0.05, 0) is 71.0 Å². The van der Waals surface area contributed by atoms with E-state index >= 15 is 0 Å². The minimum Gasteiger partial charge on any atom is -0.493 e. The standard InChI is InChI=1S/C15H13N5O4.2C14H10ClN5O4.C14H11N5O4/c1-3-19-14(21)10(8-16)9(2)13(15(19)22)18-17-11-6-4-5-7-12(11)20(23)24;2*1-7-9(6-16)13(21)19(2)14(22)12(7)18-17-10-4-3-8(15)5-11(10)20(23)24;1-8-9(7-15)13(20)18(2)14(21)12(8)17-16-10-5-3-4-6-11(10)19(22)23/h4-7,21H,3H2,1-2H3;2*3-5,21H,1-2H3;3-6,20H,1-2H3. The highest BCUT2D eigenvalue weighted by Crippen LogP contribution is 2.36. The fourth-order valence-electron chi connectivity index (χ4n) is 7.99. The minimum absolute atomic E-state index is 0.0177. The normalized spacial score (nSPS) is 10.7. The van der Waals surface area contributed by atoms with Crippen LogP contribution in [0.3, 0.4) is 0 Å². The smallest absolute Gasteiger partial charge is 0.298 e. The zero-order valence-electron chi connectivity index (χ0n) is 50.2. The van der Waals surface area contributed by atoms with Crippen molar-refractivity contribution >= 4 is 91.5 Å². The summed E-state index contributed by atoms with van der Waals surface area (Å²) in [5, 5.41) is 150. The Labute approximate surface area is 541 Å². The van der Waals surface area contributed by atoms with Gasteiger partial charge in [0.2, 0.25) is 23.5 Å². The molecule has 0 fully saturated rings. The van der Waals surface area contributed by atoms with Crippen molar-refractivity contribution in [2.24, 2.45) is 62.1 Å². The lowest BCUT2D eigenvalue weighted by Crippen LogP contribution is -2.20. The Morgan fingerprint density at radius 2 is 0.663 bits per heavy atom. The van der Waals surface area contributed by atoms with Crippen LogP contribution in [-0.2, 0) is 27.7 Å². The quantitative estimate of drug-likeness (QED) is 0.0473. The van der Waals surface area contributed by atoms with Gasteiger partial charge in [-0.25, -0.2) is 0 Å². The number of aromatic hydroxyl groups is 4. The van der Waals surface area contributed by atoms with Crippen LogP contribution in [0.15, 0.2) is 145 Å². The molecule has 0 aliphatic heterocycles. The summed E-state index contributed by atoms with van der Waals surface area (Å²) in [7, 11) is 3.81. The van der Waals surface area contributed by atoms with Crippen LogP contribution in [0, 0.1) is 113 Å². The summed E-state index contributed by atoms with van der Waals surface area (Å²) in [5.41, 5.74) is -4.79. The number of hydrogen-bond donors (Lipinski definition) is 4. The minimum atomic E-state index is -0.690. The van der Waals surface area contributed by atoms with E-state index < -0.39 is 65.5 Å². The number of benzene rings is 4. The molecular formula is C57H44Cl2N20O16. The molecule has 0 aliphatic rings. The fraction of sp³-hybridized carbons (Fsp3) is 0.158. The van der Waals surface area contributed by atoms with Gasteiger partial charge in [-0.2, -0.15) is 21.0 Å². The molecule has 4 aromatic heterocycles. The highest BCUT2D eigenvalue weighted by Gasteiger charge is 2.24. The van der Waals surface area contributed by atoms with E-state index in [1.54, 1.807) is 37.3 Å².